The van der Waals surface area contributed by atoms with Gasteiger partial charge in [-0.05, 0) is 31.4 Å². The molecule has 0 aromatic carbocycles. The fourth-order valence-corrected chi connectivity index (χ4v) is 2.78. The van der Waals surface area contributed by atoms with Crippen molar-refractivity contribution < 1.29 is 14.6 Å². The van der Waals surface area contributed by atoms with E-state index in [1.165, 1.54) is 6.20 Å². The molecule has 0 bridgehead atoms. The lowest BCUT2D eigenvalue weighted by atomic mass is 10.1. The van der Waals surface area contributed by atoms with Gasteiger partial charge in [-0.25, -0.2) is 9.78 Å². The predicted molar refractivity (Wildman–Crippen MR) is 88.2 cm³/mol. The third kappa shape index (κ3) is 3.71. The van der Waals surface area contributed by atoms with Gasteiger partial charge in [0.1, 0.15) is 16.7 Å². The lowest BCUT2D eigenvalue weighted by molar-refractivity contribution is 0.0694. The molecule has 2 aromatic heterocycles. The molecule has 2 unspecified atom stereocenters. The molecule has 124 valence electrons. The van der Waals surface area contributed by atoms with Crippen molar-refractivity contribution in [3.8, 4) is 0 Å². The zero-order valence-electron chi connectivity index (χ0n) is 13.0. The van der Waals surface area contributed by atoms with Crippen LogP contribution < -0.4 is 5.43 Å². The molecule has 2 aromatic rings. The van der Waals surface area contributed by atoms with Crippen LogP contribution in [-0.2, 0) is 4.74 Å². The van der Waals surface area contributed by atoms with Crippen molar-refractivity contribution in [1.82, 2.24) is 9.55 Å². The maximum absolute atomic E-state index is 12.2. The smallest absolute Gasteiger partial charge is 0.341 e. The van der Waals surface area contributed by atoms with Crippen molar-refractivity contribution in [3.63, 3.8) is 0 Å². The number of methoxy groups -OCH3 is 1. The minimum atomic E-state index is -1.28. The summed E-state index contributed by atoms with van der Waals surface area (Å²) in [4.78, 5) is 27.7. The number of aromatic nitrogens is 2. The van der Waals surface area contributed by atoms with Crippen molar-refractivity contribution in [2.75, 3.05) is 7.11 Å². The van der Waals surface area contributed by atoms with Crippen LogP contribution in [0.3, 0.4) is 0 Å². The summed E-state index contributed by atoms with van der Waals surface area (Å²) in [6.07, 6.45) is 5.07. The van der Waals surface area contributed by atoms with E-state index in [1.54, 1.807) is 30.0 Å². The van der Waals surface area contributed by atoms with Gasteiger partial charge in [-0.2, -0.15) is 0 Å². The Kier molecular flexibility index (Phi) is 5.74. The summed E-state index contributed by atoms with van der Waals surface area (Å²) in [5, 5.41) is 9.48. The van der Waals surface area contributed by atoms with Gasteiger partial charge >= 0.3 is 5.97 Å². The average molecular weight is 339 g/mol. The molecule has 2 atom stereocenters. The number of hydrogen-bond donors (Lipinski definition) is 1. The standard InChI is InChI=1S/C16H19ClN2O4/c1-3-10(23-2)6-7-13(17)19-9-12(16(21)22)14(20)11-5-4-8-18-15(11)19/h4-5,8-10,13H,3,6-7H2,1-2H3,(H,21,22). The van der Waals surface area contributed by atoms with E-state index in [-0.39, 0.29) is 17.1 Å². The number of pyridine rings is 2. The fraction of sp³-hybridized carbons (Fsp3) is 0.438. The number of fused-ring (bicyclic) bond motifs is 1. The molecule has 0 saturated heterocycles. The number of carbonyl (C=O) groups is 1. The maximum Gasteiger partial charge on any atom is 0.341 e. The van der Waals surface area contributed by atoms with Crippen LogP contribution in [0.2, 0.25) is 0 Å². The van der Waals surface area contributed by atoms with Crippen molar-refractivity contribution in [3.05, 3.63) is 40.3 Å². The molecule has 7 heteroatoms. The highest BCUT2D eigenvalue weighted by Gasteiger charge is 2.19. The molecular formula is C16H19ClN2O4. The van der Waals surface area contributed by atoms with E-state index < -0.39 is 16.9 Å². The summed E-state index contributed by atoms with van der Waals surface area (Å²) in [6, 6.07) is 3.15. The zero-order valence-corrected chi connectivity index (χ0v) is 13.8. The Hall–Kier alpha value is -1.92. The summed E-state index contributed by atoms with van der Waals surface area (Å²) in [7, 11) is 1.65. The van der Waals surface area contributed by atoms with E-state index in [0.29, 0.717) is 12.1 Å². The molecule has 1 N–H and O–H groups in total. The number of alkyl halides is 1. The summed E-state index contributed by atoms with van der Waals surface area (Å²) >= 11 is 6.44. The minimum Gasteiger partial charge on any atom is -0.477 e. The molecule has 6 nitrogen and oxygen atoms in total. The van der Waals surface area contributed by atoms with E-state index in [1.807, 2.05) is 6.92 Å². The summed E-state index contributed by atoms with van der Waals surface area (Å²) in [5.74, 6) is -1.28. The Morgan fingerprint density at radius 1 is 1.48 bits per heavy atom. The molecule has 0 aliphatic carbocycles. The monoisotopic (exact) mass is 338 g/mol. The molecule has 0 radical (unpaired) electrons. The zero-order chi connectivity index (χ0) is 17.0. The average Bonchev–Trinajstić information content (AvgIpc) is 2.55. The first-order valence-electron chi connectivity index (χ1n) is 7.39. The molecule has 2 heterocycles. The fourth-order valence-electron chi connectivity index (χ4n) is 2.50. The van der Waals surface area contributed by atoms with Crippen LogP contribution in [0.15, 0.2) is 29.3 Å². The largest absolute Gasteiger partial charge is 0.477 e. The Morgan fingerprint density at radius 3 is 2.83 bits per heavy atom. The Balaban J connectivity index is 2.45. The first kappa shape index (κ1) is 17.4. The van der Waals surface area contributed by atoms with Gasteiger partial charge in [0.05, 0.1) is 11.5 Å². The highest BCUT2D eigenvalue weighted by molar-refractivity contribution is 6.19. The van der Waals surface area contributed by atoms with Gasteiger partial charge < -0.3 is 14.4 Å². The summed E-state index contributed by atoms with van der Waals surface area (Å²) in [6.45, 7) is 2.02. The number of aromatic carboxylic acids is 1. The maximum atomic E-state index is 12.2. The van der Waals surface area contributed by atoms with Crippen LogP contribution in [0.4, 0.5) is 0 Å². The summed E-state index contributed by atoms with van der Waals surface area (Å²) < 4.78 is 6.87. The lowest BCUT2D eigenvalue weighted by Crippen LogP contribution is -2.21. The SMILES string of the molecule is CCC(CCC(Cl)n1cc(C(=O)O)c(=O)c2cccnc21)OC. The number of nitrogens with zero attached hydrogens (tertiary/aromatic N) is 2. The highest BCUT2D eigenvalue weighted by atomic mass is 35.5. The number of halogens is 1. The van der Waals surface area contributed by atoms with Crippen LogP contribution in [0, 0.1) is 0 Å². The van der Waals surface area contributed by atoms with Crippen LogP contribution >= 0.6 is 11.6 Å². The van der Waals surface area contributed by atoms with Crippen molar-refractivity contribution in [2.45, 2.75) is 37.8 Å². The van der Waals surface area contributed by atoms with Crippen molar-refractivity contribution in [2.24, 2.45) is 0 Å². The third-order valence-electron chi connectivity index (χ3n) is 3.84. The second-order valence-electron chi connectivity index (χ2n) is 5.24. The van der Waals surface area contributed by atoms with E-state index in [4.69, 9.17) is 16.3 Å². The molecule has 0 fully saturated rings. The second-order valence-corrected chi connectivity index (χ2v) is 5.74. The molecule has 0 amide bonds. The van der Waals surface area contributed by atoms with Crippen LogP contribution in [-0.4, -0.2) is 33.8 Å². The summed E-state index contributed by atoms with van der Waals surface area (Å²) in [5.41, 5.74) is -0.998. The van der Waals surface area contributed by atoms with Crippen LogP contribution in [0.25, 0.3) is 11.0 Å². The topological polar surface area (TPSA) is 81.4 Å². The van der Waals surface area contributed by atoms with E-state index in [2.05, 4.69) is 4.98 Å². The van der Waals surface area contributed by atoms with Crippen molar-refractivity contribution >= 4 is 28.6 Å². The van der Waals surface area contributed by atoms with E-state index in [0.717, 1.165) is 12.8 Å². The first-order chi connectivity index (χ1) is 11.0. The number of carboxylic acids is 1. The van der Waals surface area contributed by atoms with E-state index in [9.17, 15) is 14.7 Å². The normalized spacial score (nSPS) is 13.9. The van der Waals surface area contributed by atoms with Gasteiger partial charge in [0.15, 0.2) is 0 Å². The third-order valence-corrected chi connectivity index (χ3v) is 4.26. The first-order valence-corrected chi connectivity index (χ1v) is 7.83. The van der Waals surface area contributed by atoms with Gasteiger partial charge in [-0.1, -0.05) is 18.5 Å². The van der Waals surface area contributed by atoms with Gasteiger partial charge in [-0.15, -0.1) is 0 Å². The number of carboxylic acid groups (broad SMARTS) is 1. The highest BCUT2D eigenvalue weighted by Crippen LogP contribution is 2.24. The molecule has 23 heavy (non-hydrogen) atoms. The lowest BCUT2D eigenvalue weighted by Gasteiger charge is -2.19. The van der Waals surface area contributed by atoms with Crippen molar-refractivity contribution in [1.29, 1.82) is 0 Å². The Labute approximate surface area is 138 Å². The van der Waals surface area contributed by atoms with Crippen LogP contribution in [0.5, 0.6) is 0 Å². The van der Waals surface area contributed by atoms with Gasteiger partial charge in [-0.3, -0.25) is 4.79 Å². The second kappa shape index (κ2) is 7.57. The quantitative estimate of drug-likeness (QED) is 0.785. The number of hydrogen-bond acceptors (Lipinski definition) is 4. The van der Waals surface area contributed by atoms with Gasteiger partial charge in [0, 0.05) is 19.5 Å². The molecule has 2 rings (SSSR count). The number of rotatable bonds is 7. The minimum absolute atomic E-state index is 0.0915. The van der Waals surface area contributed by atoms with Gasteiger partial charge in [0.25, 0.3) is 0 Å². The number of ether oxygens (including phenoxy) is 1. The molecule has 0 aliphatic heterocycles. The molecular weight excluding hydrogens is 320 g/mol. The molecule has 0 aliphatic rings. The Bertz CT molecular complexity index is 755. The Morgan fingerprint density at radius 2 is 2.22 bits per heavy atom. The molecule has 0 spiro atoms. The van der Waals surface area contributed by atoms with Crippen LogP contribution in [0.1, 0.15) is 42.0 Å². The molecule has 0 saturated carbocycles. The van der Waals surface area contributed by atoms with Gasteiger partial charge in [0.2, 0.25) is 5.43 Å². The van der Waals surface area contributed by atoms with E-state index >= 15 is 0 Å². The predicted octanol–water partition coefficient (Wildman–Crippen LogP) is 3.04.